The van der Waals surface area contributed by atoms with Crippen molar-refractivity contribution in [3.8, 4) is 0 Å². The monoisotopic (exact) mass is 2160 g/mol. The number of methoxy groups -OCH3 is 2. The van der Waals surface area contributed by atoms with Gasteiger partial charge in [-0.1, -0.05) is 364 Å². The van der Waals surface area contributed by atoms with Crippen molar-refractivity contribution in [3.05, 3.63) is 364 Å². The van der Waals surface area contributed by atoms with Gasteiger partial charge in [0.15, 0.2) is 43.0 Å². The summed E-state index contributed by atoms with van der Waals surface area (Å²) < 4.78 is 169. The number of benzene rings is 12. The second kappa shape index (κ2) is 51.3. The Balaban J connectivity index is 0.000000346. The van der Waals surface area contributed by atoms with Crippen LogP contribution in [0.4, 0.5) is 0 Å². The van der Waals surface area contributed by atoms with Gasteiger partial charge in [0.2, 0.25) is 0 Å². The molecule has 0 saturated carbocycles. The molecular weight excluding hydrogens is 2050 g/mol. The summed E-state index contributed by atoms with van der Waals surface area (Å²) in [5.41, 5.74) is 0. The van der Waals surface area contributed by atoms with Crippen LogP contribution in [0.5, 0.6) is 0 Å². The molecule has 47 heteroatoms. The predicted molar refractivity (Wildman–Crippen MR) is 552 cm³/mol. The zero-order valence-corrected chi connectivity index (χ0v) is 104. The van der Waals surface area contributed by atoms with Crippen LogP contribution < -0.4 is 151 Å². The van der Waals surface area contributed by atoms with Crippen LogP contribution in [0.2, 0.25) is 72.0 Å². The number of rotatable bonds is 25. The van der Waals surface area contributed by atoms with E-state index in [1.165, 1.54) is 0 Å². The molecule has 708 valence electrons. The maximum Gasteiger partial charge on any atom is 1.00 e. The molecule has 14 unspecified atom stereocenters. The summed E-state index contributed by atoms with van der Waals surface area (Å²) in [4.78, 5) is 0. The van der Waals surface area contributed by atoms with Gasteiger partial charge in [-0.25, -0.2) is 9.15 Å². The van der Waals surface area contributed by atoms with Gasteiger partial charge in [-0.3, -0.25) is 20.3 Å². The Morgan fingerprint density at radius 2 is 0.485 bits per heavy atom. The molecule has 0 radical (unpaired) electrons. The summed E-state index contributed by atoms with van der Waals surface area (Å²) in [5.74, 6) is 0. The van der Waals surface area contributed by atoms with Crippen LogP contribution in [0.3, 0.4) is 0 Å². The van der Waals surface area contributed by atoms with Gasteiger partial charge in [0, 0.05) is 80.3 Å². The Morgan fingerprint density at radius 1 is 0.265 bits per heavy atom. The van der Waals surface area contributed by atoms with Crippen molar-refractivity contribution < 1.29 is 211 Å². The second-order valence-corrected chi connectivity index (χ2v) is 86.0. The molecule has 136 heavy (non-hydrogen) atoms. The number of ether oxygens (including phenoxy) is 2. The summed E-state index contributed by atoms with van der Waals surface area (Å²) in [7, 11) is -58.7. The van der Waals surface area contributed by atoms with Crippen molar-refractivity contribution in [3.63, 3.8) is 0 Å². The van der Waals surface area contributed by atoms with Gasteiger partial charge in [0.1, 0.15) is 0 Å². The minimum Gasteiger partial charge on any atom is -1.00 e. The third kappa shape index (κ3) is 28.3. The van der Waals surface area contributed by atoms with Gasteiger partial charge in [-0.05, 0) is 82.4 Å². The summed E-state index contributed by atoms with van der Waals surface area (Å²) >= 11 is 0. The van der Waals surface area contributed by atoms with Crippen LogP contribution in [0.1, 0.15) is 4.28 Å². The van der Waals surface area contributed by atoms with Gasteiger partial charge in [0.25, 0.3) is 0 Å². The molecule has 0 amide bonds. The van der Waals surface area contributed by atoms with Crippen LogP contribution in [0.25, 0.3) is 0 Å². The van der Waals surface area contributed by atoms with Crippen molar-refractivity contribution in [2.24, 2.45) is 0 Å². The first-order valence-electron chi connectivity index (χ1n) is 43.4. The van der Waals surface area contributed by atoms with E-state index in [-0.39, 0.29) is 111 Å². The SMILES string of the molecule is COC.COC.C[SiH]1CO[Si](OO)(c2ccccc2)O[Si]2(c3ccccc3)O[Si](OO)(c3ccccc3)O[Si](O[SiH](OO)c3ccccc3)(c3ccccc3)O[Si](c3ccccc3)(O1)O2.C[SiH]1CO[Si](O[Si](C)(C)C)(c2ccccc2)O[Si]2(c3ccccc3)O[Si](c3ccccc3)(O1)O[Si](O[SiH](O[Si](C)(C)C)c1ccccc1)(c1ccccc1)O[Si](O[Si](C)(C)C)(c1ccccc1)O2.[H-].[H-].[H-].[Na+].[Na+].[Na+]. The fourth-order valence-corrected chi connectivity index (χ4v) is 85.6. The first-order valence-corrected chi connectivity index (χ1v) is 78.8. The van der Waals surface area contributed by atoms with Gasteiger partial charge in [-0.2, -0.15) is 0 Å². The molecule has 4 aliphatic rings. The molecule has 4 fully saturated rings. The molecule has 0 spiro atoms. The molecule has 12 aromatic carbocycles. The third-order valence-electron chi connectivity index (χ3n) is 20.0. The smallest absolute Gasteiger partial charge is 1.00 e. The average molecular weight is 2170 g/mol. The van der Waals surface area contributed by atoms with Crippen molar-refractivity contribution in [1.29, 1.82) is 0 Å². The topological polar surface area (TPSA) is 282 Å². The van der Waals surface area contributed by atoms with Crippen LogP contribution in [-0.4, -0.2) is 206 Å². The zero-order chi connectivity index (χ0) is 94.5. The number of fused-ring (bicyclic) bond motifs is 4. The quantitative estimate of drug-likeness (QED) is 0.0376. The van der Waals surface area contributed by atoms with Crippen LogP contribution in [-0.2, 0) is 102 Å². The normalized spacial score (nSPS) is 26.8. The van der Waals surface area contributed by atoms with Crippen molar-refractivity contribution in [2.75, 3.05) is 40.9 Å². The maximum atomic E-state index is 11.5. The molecule has 4 heterocycles. The molecule has 4 bridgehead atoms. The molecular formula is C89H119Na3O27Si17. The van der Waals surface area contributed by atoms with Crippen molar-refractivity contribution in [2.45, 2.75) is 72.0 Å². The van der Waals surface area contributed by atoms with Crippen LogP contribution in [0.15, 0.2) is 364 Å². The minimum absolute atomic E-state index is 0. The van der Waals surface area contributed by atoms with E-state index in [0.717, 1.165) is 10.4 Å². The largest absolute Gasteiger partial charge is 1.00 e. The van der Waals surface area contributed by atoms with Gasteiger partial charge in [-0.15, -0.1) is 0 Å². The Bertz CT molecular complexity index is 5570. The predicted octanol–water partition coefficient (Wildman–Crippen LogP) is -0.307. The van der Waals surface area contributed by atoms with Gasteiger partial charge in [0.05, 0.1) is 12.5 Å². The molecule has 4 saturated heterocycles. The zero-order valence-electron chi connectivity index (χ0n) is 83.0. The molecule has 0 aliphatic carbocycles. The first-order chi connectivity index (χ1) is 63.9. The maximum absolute atomic E-state index is 11.5. The second-order valence-electron chi connectivity index (χ2n) is 34.2. The fourth-order valence-electron chi connectivity index (χ4n) is 14.7. The van der Waals surface area contributed by atoms with Crippen molar-refractivity contribution >= 4 is 212 Å². The van der Waals surface area contributed by atoms with E-state index < -0.39 is 150 Å². The summed E-state index contributed by atoms with van der Waals surface area (Å²) in [6.45, 7) is 23.4. The molecule has 0 aromatic heterocycles. The van der Waals surface area contributed by atoms with E-state index in [9.17, 15) is 15.8 Å². The molecule has 16 rings (SSSR count). The summed E-state index contributed by atoms with van der Waals surface area (Å²) in [6, 6.07) is 113. The number of hydrogen-bond donors (Lipinski definition) is 3. The van der Waals surface area contributed by atoms with E-state index in [1.54, 1.807) is 156 Å². The van der Waals surface area contributed by atoms with Gasteiger partial charge < -0.3 is 92.6 Å². The molecule has 12 aromatic rings. The van der Waals surface area contributed by atoms with E-state index in [2.05, 4.69) is 87.1 Å². The molecule has 3 N–H and O–H groups in total. The Kier molecular flexibility index (Phi) is 43.1. The van der Waals surface area contributed by atoms with E-state index >= 15 is 0 Å². The van der Waals surface area contributed by atoms with E-state index in [1.807, 2.05) is 231 Å². The standard InChI is InChI=1S/C47H64O11Si10.C38H40O14Si7.2C2H6O.3Na.3H/c1-59-41-48-64(52-62(5,6)7,43-31-19-12-20-32-43)54-68(47-39-27-16-28-40-47)56-65(49-59,44-33-21-13-22-34-44)55-66(45-35-23-14-24-36-45,51-60(50-61(2,3)4)42-29-17-11-18-30-42)57-67(58-68,53-63(8,9)10)46-37-25-15-26-38-46;1-53-32-42-55(44-40,34-22-10-3-11-23-34)48-59(38-30-18-7-19-31-38)50-56(45-41,35-24-12-4-13-25-35)49-58(37-28-16-6-17-29-37,47-54(43-39)33-20-8-2-9-21-33)51-57(46-53,52-59)36-26-14-5-15-27-36;2*1-3-2;;;;;;/h11-40,59-60H,41H2,1-10H3;2-31,39-41,53-54H,32H2,1H3;2*1-2H3;;;;;;/q;;;;3*+1;3*-1. The molecule has 27 nitrogen and oxygen atoms in total. The van der Waals surface area contributed by atoms with E-state index in [0.29, 0.717) is 46.7 Å². The van der Waals surface area contributed by atoms with Crippen LogP contribution >= 0.6 is 0 Å². The first kappa shape index (κ1) is 114. The fraction of sp³-hybridized carbons (Fsp3) is 0.191. The molecule has 4 aliphatic heterocycles. The third-order valence-corrected chi connectivity index (χ3v) is 78.1. The Hall–Kier alpha value is -3.75. The van der Waals surface area contributed by atoms with Gasteiger partial charge >= 0.3 is 195 Å². The van der Waals surface area contributed by atoms with E-state index in [4.69, 9.17) is 92.5 Å². The van der Waals surface area contributed by atoms with Crippen LogP contribution in [0, 0.1) is 0 Å². The Morgan fingerprint density at radius 3 is 0.794 bits per heavy atom. The minimum atomic E-state index is -4.96. The Labute approximate surface area is 890 Å². The average Bonchev–Trinajstić information content (AvgIpc) is 1.66. The molecule has 14 atom stereocenters. The number of hydrogen-bond acceptors (Lipinski definition) is 27. The van der Waals surface area contributed by atoms with Crippen molar-refractivity contribution in [1.82, 2.24) is 0 Å². The summed E-state index contributed by atoms with van der Waals surface area (Å²) in [5, 5.41) is 40.1. The summed E-state index contributed by atoms with van der Waals surface area (Å²) in [6.07, 6.45) is 0.170.